The molecule has 7 heteroatoms. The zero-order chi connectivity index (χ0) is 12.0. The summed E-state index contributed by atoms with van der Waals surface area (Å²) in [7, 11) is 5.16. The van der Waals surface area contributed by atoms with E-state index >= 15 is 0 Å². The Hall–Kier alpha value is -1.05. The second kappa shape index (κ2) is 6.51. The number of hydrogen-bond acceptors (Lipinski definition) is 6. The summed E-state index contributed by atoms with van der Waals surface area (Å²) >= 11 is 0. The highest BCUT2D eigenvalue weighted by Crippen LogP contribution is 2.07. The van der Waals surface area contributed by atoms with Crippen molar-refractivity contribution < 1.29 is 9.47 Å². The maximum atomic E-state index is 5.27. The van der Waals surface area contributed by atoms with Gasteiger partial charge in [-0.3, -0.25) is 0 Å². The smallest absolute Gasteiger partial charge is 0.168 e. The van der Waals surface area contributed by atoms with E-state index in [0.29, 0.717) is 13.2 Å². The van der Waals surface area contributed by atoms with Crippen molar-refractivity contribution in [3.8, 4) is 0 Å². The van der Waals surface area contributed by atoms with Crippen LogP contribution < -0.4 is 5.32 Å². The summed E-state index contributed by atoms with van der Waals surface area (Å²) < 4.78 is 12.0. The van der Waals surface area contributed by atoms with Gasteiger partial charge >= 0.3 is 0 Å². The molecular formula is C9H19N5O2. The van der Waals surface area contributed by atoms with Crippen LogP contribution in [0.2, 0.25) is 0 Å². The van der Waals surface area contributed by atoms with E-state index in [4.69, 9.17) is 9.47 Å². The summed E-state index contributed by atoms with van der Waals surface area (Å²) in [6.45, 7) is 3.10. The quantitative estimate of drug-likeness (QED) is 0.686. The van der Waals surface area contributed by atoms with Gasteiger partial charge in [0, 0.05) is 14.2 Å². The summed E-state index contributed by atoms with van der Waals surface area (Å²) in [6, 6.07) is 0.107. The molecule has 2 unspecified atom stereocenters. The summed E-state index contributed by atoms with van der Waals surface area (Å²) in [6.07, 6.45) is -0.0451. The molecule has 1 aromatic rings. The number of nitrogens with zero attached hydrogens (tertiary/aromatic N) is 4. The zero-order valence-electron chi connectivity index (χ0n) is 10.2. The molecule has 1 N–H and O–H groups in total. The Morgan fingerprint density at radius 2 is 2.19 bits per heavy atom. The molecule has 1 heterocycles. The lowest BCUT2D eigenvalue weighted by Crippen LogP contribution is -2.27. The zero-order valence-corrected chi connectivity index (χ0v) is 10.2. The number of ether oxygens (including phenoxy) is 2. The third-order valence-corrected chi connectivity index (χ3v) is 2.44. The first kappa shape index (κ1) is 13.0. The highest BCUT2D eigenvalue weighted by atomic mass is 16.5. The van der Waals surface area contributed by atoms with Crippen LogP contribution >= 0.6 is 0 Å². The second-order valence-electron chi connectivity index (χ2n) is 3.54. The minimum atomic E-state index is -0.0451. The van der Waals surface area contributed by atoms with Crippen LogP contribution in [0, 0.1) is 0 Å². The van der Waals surface area contributed by atoms with Crippen molar-refractivity contribution in [3.63, 3.8) is 0 Å². The van der Waals surface area contributed by atoms with Gasteiger partial charge < -0.3 is 14.8 Å². The molecule has 2 atom stereocenters. The van der Waals surface area contributed by atoms with E-state index in [2.05, 4.69) is 20.8 Å². The van der Waals surface area contributed by atoms with Crippen molar-refractivity contribution >= 4 is 0 Å². The Bertz CT molecular complexity index is 304. The van der Waals surface area contributed by atoms with E-state index < -0.39 is 0 Å². The summed E-state index contributed by atoms with van der Waals surface area (Å²) in [5, 5.41) is 14.7. The van der Waals surface area contributed by atoms with Crippen LogP contribution in [0.1, 0.15) is 18.8 Å². The molecular weight excluding hydrogens is 210 g/mol. The fourth-order valence-corrected chi connectivity index (χ4v) is 1.35. The molecule has 0 fully saturated rings. The van der Waals surface area contributed by atoms with Crippen LogP contribution in [0.4, 0.5) is 0 Å². The molecule has 1 aromatic heterocycles. The van der Waals surface area contributed by atoms with E-state index in [9.17, 15) is 0 Å². The Balaban J connectivity index is 2.68. The molecule has 92 valence electrons. The molecule has 0 saturated heterocycles. The average molecular weight is 229 g/mol. The summed E-state index contributed by atoms with van der Waals surface area (Å²) in [4.78, 5) is 0. The molecule has 0 bridgehead atoms. The number of tetrazole rings is 1. The van der Waals surface area contributed by atoms with Gasteiger partial charge in [0.05, 0.1) is 19.2 Å². The van der Waals surface area contributed by atoms with Gasteiger partial charge in [-0.1, -0.05) is 0 Å². The Morgan fingerprint density at radius 3 is 2.75 bits per heavy atom. The monoisotopic (exact) mass is 229 g/mol. The normalized spacial score (nSPS) is 15.0. The van der Waals surface area contributed by atoms with E-state index in [0.717, 1.165) is 5.82 Å². The standard InChI is InChI=1S/C9H19N5O2/c1-7(10-2)9-11-12-13-14(9)5-8(16-4)6-15-3/h7-8,10H,5-6H2,1-4H3. The van der Waals surface area contributed by atoms with Crippen molar-refractivity contribution in [3.05, 3.63) is 5.82 Å². The van der Waals surface area contributed by atoms with Gasteiger partial charge in [0.1, 0.15) is 6.10 Å². The van der Waals surface area contributed by atoms with Gasteiger partial charge in [0.2, 0.25) is 0 Å². The fraction of sp³-hybridized carbons (Fsp3) is 0.889. The topological polar surface area (TPSA) is 74.1 Å². The first-order chi connectivity index (χ1) is 7.72. The van der Waals surface area contributed by atoms with Gasteiger partial charge in [-0.2, -0.15) is 0 Å². The molecule has 0 aliphatic carbocycles. The molecule has 16 heavy (non-hydrogen) atoms. The van der Waals surface area contributed by atoms with Crippen LogP contribution in [-0.2, 0) is 16.0 Å². The maximum absolute atomic E-state index is 5.27. The van der Waals surface area contributed by atoms with Crippen molar-refractivity contribution in [1.82, 2.24) is 25.5 Å². The van der Waals surface area contributed by atoms with Gasteiger partial charge in [0.15, 0.2) is 5.82 Å². The molecule has 0 aromatic carbocycles. The number of nitrogens with one attached hydrogen (secondary N) is 1. The minimum Gasteiger partial charge on any atom is -0.382 e. The van der Waals surface area contributed by atoms with Crippen LogP contribution in [0.5, 0.6) is 0 Å². The molecule has 0 aliphatic rings. The molecule has 0 spiro atoms. The Morgan fingerprint density at radius 1 is 1.44 bits per heavy atom. The largest absolute Gasteiger partial charge is 0.382 e. The maximum Gasteiger partial charge on any atom is 0.168 e. The van der Waals surface area contributed by atoms with Crippen LogP contribution in [0.15, 0.2) is 0 Å². The highest BCUT2D eigenvalue weighted by molar-refractivity contribution is 4.89. The predicted molar refractivity (Wildman–Crippen MR) is 58.0 cm³/mol. The van der Waals surface area contributed by atoms with Crippen LogP contribution in [0.3, 0.4) is 0 Å². The van der Waals surface area contributed by atoms with Crippen molar-refractivity contribution in [1.29, 1.82) is 0 Å². The SMILES string of the molecule is CNC(C)c1nnnn1CC(COC)OC. The average Bonchev–Trinajstić information content (AvgIpc) is 2.75. The summed E-state index contributed by atoms with van der Waals surface area (Å²) in [5.41, 5.74) is 0. The van der Waals surface area contributed by atoms with Gasteiger partial charge in [-0.05, 0) is 24.4 Å². The van der Waals surface area contributed by atoms with E-state index in [1.807, 2.05) is 14.0 Å². The molecule has 0 aliphatic heterocycles. The third-order valence-electron chi connectivity index (χ3n) is 2.44. The second-order valence-corrected chi connectivity index (χ2v) is 3.54. The predicted octanol–water partition coefficient (Wildman–Crippen LogP) is -0.385. The Labute approximate surface area is 95.1 Å². The Kier molecular flexibility index (Phi) is 5.30. The minimum absolute atomic E-state index is 0.0451. The summed E-state index contributed by atoms with van der Waals surface area (Å²) in [5.74, 6) is 0.792. The van der Waals surface area contributed by atoms with E-state index in [1.165, 1.54) is 0 Å². The number of rotatable bonds is 7. The highest BCUT2D eigenvalue weighted by Gasteiger charge is 2.16. The van der Waals surface area contributed by atoms with Gasteiger partial charge in [-0.15, -0.1) is 5.10 Å². The van der Waals surface area contributed by atoms with Crippen molar-refractivity contribution in [2.24, 2.45) is 0 Å². The van der Waals surface area contributed by atoms with Crippen LogP contribution in [0.25, 0.3) is 0 Å². The van der Waals surface area contributed by atoms with Crippen molar-refractivity contribution in [2.45, 2.75) is 25.6 Å². The molecule has 0 amide bonds. The first-order valence-corrected chi connectivity index (χ1v) is 5.18. The fourth-order valence-electron chi connectivity index (χ4n) is 1.35. The van der Waals surface area contributed by atoms with E-state index in [1.54, 1.807) is 18.9 Å². The molecule has 1 rings (SSSR count). The van der Waals surface area contributed by atoms with Gasteiger partial charge in [-0.25, -0.2) is 4.68 Å². The van der Waals surface area contributed by atoms with E-state index in [-0.39, 0.29) is 12.1 Å². The lowest BCUT2D eigenvalue weighted by molar-refractivity contribution is 0.0153. The van der Waals surface area contributed by atoms with Gasteiger partial charge in [0.25, 0.3) is 0 Å². The number of aromatic nitrogens is 4. The first-order valence-electron chi connectivity index (χ1n) is 5.18. The molecule has 0 radical (unpaired) electrons. The van der Waals surface area contributed by atoms with Crippen LogP contribution in [-0.4, -0.2) is 54.2 Å². The van der Waals surface area contributed by atoms with Crippen molar-refractivity contribution in [2.75, 3.05) is 27.9 Å². The molecule has 7 nitrogen and oxygen atoms in total. The lowest BCUT2D eigenvalue weighted by atomic mass is 10.3. The lowest BCUT2D eigenvalue weighted by Gasteiger charge is -2.16. The molecule has 0 saturated carbocycles. The number of hydrogen-bond donors (Lipinski definition) is 1. The number of methoxy groups -OCH3 is 2. The third kappa shape index (κ3) is 3.22.